The van der Waals surface area contributed by atoms with Crippen LogP contribution in [0.1, 0.15) is 11.1 Å². The van der Waals surface area contributed by atoms with Crippen LogP contribution in [0.5, 0.6) is 0 Å². The molecular formula is C56H34BN3O. The topological polar surface area (TPSA) is 45.1 Å². The van der Waals surface area contributed by atoms with Crippen molar-refractivity contribution in [2.45, 2.75) is 6.92 Å². The Morgan fingerprint density at radius 3 is 1.93 bits per heavy atom. The summed E-state index contributed by atoms with van der Waals surface area (Å²) in [5, 5.41) is 14.3. The monoisotopic (exact) mass is 775 g/mol. The maximum Gasteiger partial charge on any atom is 0.333 e. The SMILES string of the molecule is Cc1c(-c2ccc(C#N)cc2)cc2c3c1-c1cc4c5ccccc5oc4c4c5ccccc5n(c14)B3c1cc(-c3ccccc3)ccc1N2c1ccc(-c2ccccc2)cc1. The average molecular weight is 776 g/mol. The molecule has 0 N–H and O–H groups in total. The Hall–Kier alpha value is -8.07. The highest BCUT2D eigenvalue weighted by Crippen LogP contribution is 2.51. The molecule has 0 spiro atoms. The molecule has 0 unspecified atom stereocenters. The summed E-state index contributed by atoms with van der Waals surface area (Å²) in [5.41, 5.74) is 21.3. The van der Waals surface area contributed by atoms with Crippen LogP contribution in [0, 0.1) is 18.3 Å². The molecule has 0 radical (unpaired) electrons. The van der Waals surface area contributed by atoms with Crippen molar-refractivity contribution in [1.82, 2.24) is 4.48 Å². The van der Waals surface area contributed by atoms with E-state index in [9.17, 15) is 5.26 Å². The van der Waals surface area contributed by atoms with Crippen LogP contribution < -0.4 is 15.8 Å². The first-order valence-electron chi connectivity index (χ1n) is 20.8. The molecule has 61 heavy (non-hydrogen) atoms. The van der Waals surface area contributed by atoms with E-state index in [1.807, 2.05) is 12.1 Å². The molecule has 0 saturated heterocycles. The second kappa shape index (κ2) is 12.7. The molecule has 0 aliphatic carbocycles. The van der Waals surface area contributed by atoms with Crippen molar-refractivity contribution in [1.29, 1.82) is 5.26 Å². The van der Waals surface area contributed by atoms with Crippen molar-refractivity contribution in [3.63, 3.8) is 0 Å². The zero-order valence-corrected chi connectivity index (χ0v) is 33.2. The predicted octanol–water partition coefficient (Wildman–Crippen LogP) is 13.3. The maximum atomic E-state index is 9.78. The zero-order valence-electron chi connectivity index (χ0n) is 33.2. The van der Waals surface area contributed by atoms with E-state index in [-0.39, 0.29) is 6.85 Å². The molecule has 4 heterocycles. The van der Waals surface area contributed by atoms with Gasteiger partial charge in [0.15, 0.2) is 0 Å². The van der Waals surface area contributed by atoms with Gasteiger partial charge in [0.05, 0.1) is 17.0 Å². The van der Waals surface area contributed by atoms with Gasteiger partial charge in [-0.3, -0.25) is 0 Å². The molecular weight excluding hydrogens is 741 g/mol. The number of aromatic nitrogens is 1. The highest BCUT2D eigenvalue weighted by atomic mass is 16.3. The number of hydrogen-bond acceptors (Lipinski definition) is 3. The van der Waals surface area contributed by atoms with Crippen molar-refractivity contribution in [3.05, 3.63) is 199 Å². The number of hydrogen-bond donors (Lipinski definition) is 0. The van der Waals surface area contributed by atoms with Crippen molar-refractivity contribution in [3.8, 4) is 50.6 Å². The lowest BCUT2D eigenvalue weighted by Crippen LogP contribution is -2.57. The van der Waals surface area contributed by atoms with Crippen LogP contribution >= 0.6 is 0 Å². The largest absolute Gasteiger partial charge is 0.455 e. The molecule has 11 aromatic rings. The quantitative estimate of drug-likeness (QED) is 0.167. The highest BCUT2D eigenvalue weighted by Gasteiger charge is 2.44. The van der Waals surface area contributed by atoms with Gasteiger partial charge >= 0.3 is 6.85 Å². The normalized spacial score (nSPS) is 12.6. The van der Waals surface area contributed by atoms with Crippen molar-refractivity contribution in [2.24, 2.45) is 0 Å². The van der Waals surface area contributed by atoms with Gasteiger partial charge in [-0.25, -0.2) is 0 Å². The van der Waals surface area contributed by atoms with Gasteiger partial charge in [0.25, 0.3) is 0 Å². The Morgan fingerprint density at radius 2 is 1.18 bits per heavy atom. The van der Waals surface area contributed by atoms with Crippen molar-refractivity contribution in [2.75, 3.05) is 4.90 Å². The minimum absolute atomic E-state index is 0.144. The Bertz CT molecular complexity index is 3650. The van der Waals surface area contributed by atoms with Crippen LogP contribution in [0.3, 0.4) is 0 Å². The summed E-state index contributed by atoms with van der Waals surface area (Å²) in [6.45, 7) is 2.14. The number of nitrogens with zero attached hydrogens (tertiary/aromatic N) is 3. The summed E-state index contributed by atoms with van der Waals surface area (Å²) >= 11 is 0. The Balaban J connectivity index is 1.20. The summed E-state index contributed by atoms with van der Waals surface area (Å²) in [4.78, 5) is 2.49. The van der Waals surface area contributed by atoms with Gasteiger partial charge in [-0.2, -0.15) is 5.26 Å². The van der Waals surface area contributed by atoms with E-state index in [1.54, 1.807) is 0 Å². The summed E-state index contributed by atoms with van der Waals surface area (Å²) in [7, 11) is 0. The number of furan rings is 1. The third kappa shape index (κ3) is 4.76. The molecule has 2 aliphatic heterocycles. The van der Waals surface area contributed by atoms with Gasteiger partial charge in [0.1, 0.15) is 11.2 Å². The average Bonchev–Trinajstić information content (AvgIpc) is 3.87. The number of para-hydroxylation sites is 2. The molecule has 9 aromatic carbocycles. The van der Waals surface area contributed by atoms with Crippen LogP contribution in [-0.2, 0) is 0 Å². The minimum atomic E-state index is -0.144. The van der Waals surface area contributed by atoms with Crippen LogP contribution in [0.25, 0.3) is 88.3 Å². The van der Waals surface area contributed by atoms with E-state index >= 15 is 0 Å². The van der Waals surface area contributed by atoms with Crippen LogP contribution in [0.15, 0.2) is 192 Å². The molecule has 2 aromatic heterocycles. The highest BCUT2D eigenvalue weighted by molar-refractivity contribution is 6.90. The van der Waals surface area contributed by atoms with Crippen molar-refractivity contribution >= 4 is 78.6 Å². The van der Waals surface area contributed by atoms with Gasteiger partial charge < -0.3 is 13.8 Å². The van der Waals surface area contributed by atoms with Crippen LogP contribution in [0.2, 0.25) is 0 Å². The Labute approximate surface area is 352 Å². The second-order valence-electron chi connectivity index (χ2n) is 16.3. The predicted molar refractivity (Wildman–Crippen MR) is 253 cm³/mol. The minimum Gasteiger partial charge on any atom is -0.455 e. The number of nitriles is 1. The molecule has 13 rings (SSSR count). The molecule has 0 amide bonds. The molecule has 0 fully saturated rings. The third-order valence-corrected chi connectivity index (χ3v) is 13.2. The standard InChI is InChI=1S/C56H34BN3O/c1-34-44(39-22-20-35(33-58)21-23-39)32-50-54-52(34)46-31-45-42-16-9-11-19-51(42)61-56(45)53-43-17-8-10-18-48(43)60(55(46)53)57(54)47-30-40(37-14-6-3-7-15-37)26-29-49(47)59(50)41-27-24-38(25-28-41)36-12-4-2-5-13-36/h2-32H,1H3. The molecule has 5 heteroatoms. The Kier molecular flexibility index (Phi) is 7.06. The second-order valence-corrected chi connectivity index (χ2v) is 16.3. The third-order valence-electron chi connectivity index (χ3n) is 13.2. The van der Waals surface area contributed by atoms with Crippen LogP contribution in [-0.4, -0.2) is 11.3 Å². The summed E-state index contributed by atoms with van der Waals surface area (Å²) in [6.07, 6.45) is 0. The number of anilines is 3. The number of fused-ring (bicyclic) bond motifs is 11. The first-order valence-corrected chi connectivity index (χ1v) is 20.8. The molecule has 0 atom stereocenters. The fourth-order valence-electron chi connectivity index (χ4n) is 10.5. The number of rotatable bonds is 4. The van der Waals surface area contributed by atoms with Gasteiger partial charge in [-0.1, -0.05) is 133 Å². The van der Waals surface area contributed by atoms with Crippen LogP contribution in [0.4, 0.5) is 17.1 Å². The first-order chi connectivity index (χ1) is 30.1. The summed E-state index contributed by atoms with van der Waals surface area (Å²) in [5.74, 6) is 0. The summed E-state index contributed by atoms with van der Waals surface area (Å²) in [6, 6.07) is 69.9. The molecule has 2 aliphatic rings. The molecule has 282 valence electrons. The van der Waals surface area contributed by atoms with E-state index < -0.39 is 0 Å². The van der Waals surface area contributed by atoms with Gasteiger partial charge in [0, 0.05) is 49.8 Å². The lowest BCUT2D eigenvalue weighted by molar-refractivity contribution is 0.673. The lowest BCUT2D eigenvalue weighted by Gasteiger charge is -2.42. The fourth-order valence-corrected chi connectivity index (χ4v) is 10.5. The molecule has 0 saturated carbocycles. The number of benzene rings is 9. The smallest absolute Gasteiger partial charge is 0.333 e. The van der Waals surface area contributed by atoms with E-state index in [2.05, 4.69) is 198 Å². The fraction of sp³-hybridized carbons (Fsp3) is 0.0179. The van der Waals surface area contributed by atoms with E-state index in [0.29, 0.717) is 5.56 Å². The van der Waals surface area contributed by atoms with Gasteiger partial charge in [0.2, 0.25) is 0 Å². The molecule has 4 nitrogen and oxygen atoms in total. The zero-order chi connectivity index (χ0) is 40.3. The Morgan fingerprint density at radius 1 is 0.541 bits per heavy atom. The lowest BCUT2D eigenvalue weighted by atomic mass is 9.44. The van der Waals surface area contributed by atoms with E-state index in [0.717, 1.165) is 55.5 Å². The van der Waals surface area contributed by atoms with Gasteiger partial charge in [-0.15, -0.1) is 0 Å². The first kappa shape index (κ1) is 33.9. The van der Waals surface area contributed by atoms with Crippen molar-refractivity contribution < 1.29 is 4.42 Å². The van der Waals surface area contributed by atoms with E-state index in [4.69, 9.17) is 4.42 Å². The maximum absolute atomic E-state index is 9.78. The summed E-state index contributed by atoms with van der Waals surface area (Å²) < 4.78 is 9.48. The van der Waals surface area contributed by atoms with Gasteiger partial charge in [-0.05, 0) is 117 Å². The van der Waals surface area contributed by atoms with E-state index in [1.165, 1.54) is 66.3 Å². The molecule has 0 bridgehead atoms.